The van der Waals surface area contributed by atoms with E-state index in [0.29, 0.717) is 5.75 Å². The van der Waals surface area contributed by atoms with Gasteiger partial charge in [-0.15, -0.1) is 0 Å². The lowest BCUT2D eigenvalue weighted by Gasteiger charge is -2.13. The molecule has 0 aliphatic rings. The van der Waals surface area contributed by atoms with Crippen LogP contribution in [0.1, 0.15) is 34.5 Å². The van der Waals surface area contributed by atoms with Crippen molar-refractivity contribution < 1.29 is 27.6 Å². The number of carbonyl (C=O) groups is 1. The SMILES string of the molecule is Cc1cc(C)c(C)c(Oc2cc(NC(=O)CCn3nc(C(F)(F)F)cc3C)cc([N+](=O)[O-])c2)c1. The van der Waals surface area contributed by atoms with Crippen LogP contribution in [0.4, 0.5) is 24.5 Å². The molecule has 0 saturated carbocycles. The maximum Gasteiger partial charge on any atom is 0.435 e. The first-order valence-corrected chi connectivity index (χ1v) is 10.3. The summed E-state index contributed by atoms with van der Waals surface area (Å²) in [5.41, 5.74) is 1.89. The lowest BCUT2D eigenvalue weighted by molar-refractivity contribution is -0.384. The van der Waals surface area contributed by atoms with E-state index in [1.54, 1.807) is 6.07 Å². The van der Waals surface area contributed by atoms with Crippen LogP contribution in [-0.4, -0.2) is 20.6 Å². The van der Waals surface area contributed by atoms with Crippen LogP contribution in [0.5, 0.6) is 11.5 Å². The number of halogens is 3. The molecule has 0 atom stereocenters. The summed E-state index contributed by atoms with van der Waals surface area (Å²) >= 11 is 0. The van der Waals surface area contributed by atoms with Crippen molar-refractivity contribution in [2.24, 2.45) is 0 Å². The highest BCUT2D eigenvalue weighted by atomic mass is 19.4. The second-order valence-electron chi connectivity index (χ2n) is 7.97. The summed E-state index contributed by atoms with van der Waals surface area (Å²) in [7, 11) is 0. The van der Waals surface area contributed by atoms with Gasteiger partial charge in [0.05, 0.1) is 16.7 Å². The first-order chi connectivity index (χ1) is 15.8. The number of nitrogens with one attached hydrogen (secondary N) is 1. The molecule has 2 aromatic carbocycles. The number of hydrogen-bond donors (Lipinski definition) is 1. The summed E-state index contributed by atoms with van der Waals surface area (Å²) < 4.78 is 45.4. The quantitative estimate of drug-likeness (QED) is 0.340. The molecule has 0 radical (unpaired) electrons. The molecule has 1 aromatic heterocycles. The number of alkyl halides is 3. The smallest absolute Gasteiger partial charge is 0.435 e. The number of amides is 1. The van der Waals surface area contributed by atoms with E-state index in [-0.39, 0.29) is 35.8 Å². The van der Waals surface area contributed by atoms with Crippen molar-refractivity contribution in [1.29, 1.82) is 0 Å². The molecule has 0 bridgehead atoms. The highest BCUT2D eigenvalue weighted by Gasteiger charge is 2.34. The van der Waals surface area contributed by atoms with Crippen molar-refractivity contribution in [2.45, 2.75) is 46.8 Å². The van der Waals surface area contributed by atoms with Gasteiger partial charge >= 0.3 is 6.18 Å². The third kappa shape index (κ3) is 5.91. The van der Waals surface area contributed by atoms with Gasteiger partial charge in [0.2, 0.25) is 5.91 Å². The van der Waals surface area contributed by atoms with Gasteiger partial charge in [0, 0.05) is 30.8 Å². The second kappa shape index (κ2) is 9.54. The Kier molecular flexibility index (Phi) is 6.94. The number of anilines is 1. The molecule has 34 heavy (non-hydrogen) atoms. The largest absolute Gasteiger partial charge is 0.457 e. The molecule has 8 nitrogen and oxygen atoms in total. The topological polar surface area (TPSA) is 99.3 Å². The van der Waals surface area contributed by atoms with E-state index < -0.39 is 22.7 Å². The Morgan fingerprint density at radius 2 is 1.82 bits per heavy atom. The maximum atomic E-state index is 12.8. The number of aryl methyl sites for hydroxylation is 4. The van der Waals surface area contributed by atoms with Crippen LogP contribution in [-0.2, 0) is 17.5 Å². The molecule has 0 saturated heterocycles. The summed E-state index contributed by atoms with van der Waals surface area (Å²) in [4.78, 5) is 23.2. The molecule has 3 rings (SSSR count). The van der Waals surface area contributed by atoms with Crippen LogP contribution in [0.25, 0.3) is 0 Å². The van der Waals surface area contributed by atoms with Crippen LogP contribution in [0.15, 0.2) is 36.4 Å². The third-order valence-corrected chi connectivity index (χ3v) is 5.20. The molecule has 3 aromatic rings. The Bertz CT molecular complexity index is 1250. The first kappa shape index (κ1) is 24.7. The summed E-state index contributed by atoms with van der Waals surface area (Å²) in [5, 5.41) is 17.4. The van der Waals surface area contributed by atoms with Crippen molar-refractivity contribution >= 4 is 17.3 Å². The minimum Gasteiger partial charge on any atom is -0.457 e. The standard InChI is InChI=1S/C23H23F3N4O4/c1-13-7-14(2)16(4)20(8-13)34-19-11-17(10-18(12-19)30(32)33)27-22(31)5-6-29-15(3)9-21(28-29)23(24,25)26/h7-12H,5-6H2,1-4H3,(H,27,31). The van der Waals surface area contributed by atoms with Crippen molar-refractivity contribution in [3.05, 3.63) is 74.6 Å². The van der Waals surface area contributed by atoms with Crippen molar-refractivity contribution in [3.63, 3.8) is 0 Å². The number of nitrogens with zero attached hydrogens (tertiary/aromatic N) is 3. The van der Waals surface area contributed by atoms with Gasteiger partial charge in [-0.25, -0.2) is 0 Å². The Labute approximate surface area is 193 Å². The van der Waals surface area contributed by atoms with Crippen LogP contribution in [0, 0.1) is 37.8 Å². The number of hydrogen-bond acceptors (Lipinski definition) is 5. The lowest BCUT2D eigenvalue weighted by atomic mass is 10.1. The van der Waals surface area contributed by atoms with Gasteiger partial charge in [0.1, 0.15) is 11.5 Å². The molecular formula is C23H23F3N4O4. The molecular weight excluding hydrogens is 453 g/mol. The van der Waals surface area contributed by atoms with Crippen molar-refractivity contribution in [3.8, 4) is 11.5 Å². The fourth-order valence-electron chi connectivity index (χ4n) is 3.36. The number of nitro benzene ring substituents is 1. The number of benzene rings is 2. The Hall–Kier alpha value is -3.89. The van der Waals surface area contributed by atoms with Gasteiger partial charge in [0.25, 0.3) is 5.69 Å². The summed E-state index contributed by atoms with van der Waals surface area (Å²) in [6.07, 6.45) is -4.76. The molecule has 0 aliphatic carbocycles. The molecule has 1 N–H and O–H groups in total. The zero-order chi connectivity index (χ0) is 25.2. The van der Waals surface area contributed by atoms with Gasteiger partial charge in [-0.05, 0) is 56.5 Å². The lowest BCUT2D eigenvalue weighted by Crippen LogP contribution is -2.16. The predicted octanol–water partition coefficient (Wildman–Crippen LogP) is 5.86. The van der Waals surface area contributed by atoms with Gasteiger partial charge < -0.3 is 10.1 Å². The van der Waals surface area contributed by atoms with E-state index in [4.69, 9.17) is 4.74 Å². The zero-order valence-electron chi connectivity index (χ0n) is 19.0. The molecule has 11 heteroatoms. The monoisotopic (exact) mass is 476 g/mol. The molecule has 0 fully saturated rings. The van der Waals surface area contributed by atoms with Crippen LogP contribution >= 0.6 is 0 Å². The third-order valence-electron chi connectivity index (χ3n) is 5.20. The molecule has 0 aliphatic heterocycles. The maximum absolute atomic E-state index is 12.8. The van der Waals surface area contributed by atoms with Crippen LogP contribution < -0.4 is 10.1 Å². The van der Waals surface area contributed by atoms with E-state index in [1.165, 1.54) is 25.1 Å². The van der Waals surface area contributed by atoms with Crippen LogP contribution in [0.2, 0.25) is 0 Å². The predicted molar refractivity (Wildman–Crippen MR) is 119 cm³/mol. The molecule has 0 spiro atoms. The average Bonchev–Trinajstić information content (AvgIpc) is 3.11. The molecule has 1 amide bonds. The van der Waals surface area contributed by atoms with E-state index in [0.717, 1.165) is 27.4 Å². The second-order valence-corrected chi connectivity index (χ2v) is 7.97. The molecule has 0 unspecified atom stereocenters. The summed E-state index contributed by atoms with van der Waals surface area (Å²) in [6.45, 7) is 7.06. The van der Waals surface area contributed by atoms with Crippen molar-refractivity contribution in [2.75, 3.05) is 5.32 Å². The highest BCUT2D eigenvalue weighted by molar-refractivity contribution is 5.91. The molecule has 1 heterocycles. The number of rotatable bonds is 7. The average molecular weight is 476 g/mol. The van der Waals surface area contributed by atoms with E-state index in [2.05, 4.69) is 10.4 Å². The number of nitro groups is 1. The van der Waals surface area contributed by atoms with E-state index in [1.807, 2.05) is 26.8 Å². The van der Waals surface area contributed by atoms with E-state index >= 15 is 0 Å². The number of ether oxygens (including phenoxy) is 1. The minimum atomic E-state index is -4.58. The Balaban J connectivity index is 1.77. The Morgan fingerprint density at radius 3 is 2.44 bits per heavy atom. The number of carbonyl (C=O) groups excluding carboxylic acids is 1. The van der Waals surface area contributed by atoms with Gasteiger partial charge in [-0.2, -0.15) is 18.3 Å². The normalized spacial score (nSPS) is 11.4. The van der Waals surface area contributed by atoms with E-state index in [9.17, 15) is 28.1 Å². The fourth-order valence-corrected chi connectivity index (χ4v) is 3.36. The Morgan fingerprint density at radius 1 is 1.12 bits per heavy atom. The highest BCUT2D eigenvalue weighted by Crippen LogP contribution is 2.33. The van der Waals surface area contributed by atoms with Crippen LogP contribution in [0.3, 0.4) is 0 Å². The van der Waals surface area contributed by atoms with Crippen molar-refractivity contribution in [1.82, 2.24) is 9.78 Å². The molecule has 180 valence electrons. The van der Waals surface area contributed by atoms with Gasteiger partial charge in [-0.1, -0.05) is 6.07 Å². The minimum absolute atomic E-state index is 0.0895. The fraction of sp³-hybridized carbons (Fsp3) is 0.304. The summed E-state index contributed by atoms with van der Waals surface area (Å²) in [6, 6.07) is 8.57. The van der Waals surface area contributed by atoms with Gasteiger partial charge in [-0.3, -0.25) is 19.6 Å². The summed E-state index contributed by atoms with van der Waals surface area (Å²) in [5.74, 6) is 0.151. The number of non-ortho nitro benzene ring substituents is 1. The first-order valence-electron chi connectivity index (χ1n) is 10.3. The zero-order valence-corrected chi connectivity index (χ0v) is 19.0. The van der Waals surface area contributed by atoms with Gasteiger partial charge in [0.15, 0.2) is 5.69 Å². The number of aromatic nitrogens is 2.